The summed E-state index contributed by atoms with van der Waals surface area (Å²) in [6.07, 6.45) is 0.819. The van der Waals surface area contributed by atoms with E-state index in [4.69, 9.17) is 15.3 Å². The lowest BCUT2D eigenvalue weighted by Crippen LogP contribution is -2.39. The molecular weight excluding hydrogens is 192 g/mol. The Morgan fingerprint density at radius 3 is 2.67 bits per heavy atom. The van der Waals surface area contributed by atoms with Crippen LogP contribution in [0.3, 0.4) is 0 Å². The van der Waals surface area contributed by atoms with Crippen molar-refractivity contribution in [3.63, 3.8) is 0 Å². The zero-order chi connectivity index (χ0) is 10.9. The first-order chi connectivity index (χ1) is 7.36. The first-order valence-corrected chi connectivity index (χ1v) is 4.99. The molecule has 4 nitrogen and oxygen atoms in total. The second-order valence-electron chi connectivity index (χ2n) is 3.27. The maximum absolute atomic E-state index is 5.53. The molecule has 84 valence electrons. The predicted molar refractivity (Wildman–Crippen MR) is 59.5 cm³/mol. The fraction of sp³-hybridized carbons (Fsp3) is 0.455. The molecule has 15 heavy (non-hydrogen) atoms. The van der Waals surface area contributed by atoms with Crippen molar-refractivity contribution in [2.45, 2.75) is 12.5 Å². The molecule has 0 amide bonds. The molecule has 0 aliphatic heterocycles. The van der Waals surface area contributed by atoms with Crippen molar-refractivity contribution in [3.8, 4) is 5.75 Å². The topological polar surface area (TPSA) is 56.5 Å². The van der Waals surface area contributed by atoms with E-state index in [-0.39, 0.29) is 6.04 Å². The van der Waals surface area contributed by atoms with E-state index in [9.17, 15) is 0 Å². The molecule has 0 saturated carbocycles. The average Bonchev–Trinajstić information content (AvgIpc) is 2.29. The van der Waals surface area contributed by atoms with Gasteiger partial charge in [0.1, 0.15) is 5.75 Å². The van der Waals surface area contributed by atoms with Gasteiger partial charge in [0.15, 0.2) is 0 Å². The highest BCUT2D eigenvalue weighted by Crippen LogP contribution is 2.08. The maximum atomic E-state index is 5.53. The number of rotatable bonds is 7. The van der Waals surface area contributed by atoms with E-state index in [0.29, 0.717) is 13.2 Å². The number of hydrogen-bond donors (Lipinski definition) is 2. The Morgan fingerprint density at radius 1 is 1.33 bits per heavy atom. The van der Waals surface area contributed by atoms with E-state index in [1.54, 1.807) is 7.11 Å². The maximum Gasteiger partial charge on any atom is 0.119 e. The Hall–Kier alpha value is -1.10. The molecule has 0 heterocycles. The summed E-state index contributed by atoms with van der Waals surface area (Å²) in [5, 5.41) is 0. The monoisotopic (exact) mass is 210 g/mol. The Morgan fingerprint density at radius 2 is 2.07 bits per heavy atom. The SMILES string of the molecule is COCC(CCOc1ccccc1)NN. The van der Waals surface area contributed by atoms with Crippen LogP contribution in [0, 0.1) is 0 Å². The zero-order valence-electron chi connectivity index (χ0n) is 8.98. The quantitative estimate of drug-likeness (QED) is 0.519. The van der Waals surface area contributed by atoms with Gasteiger partial charge in [-0.05, 0) is 12.1 Å². The standard InChI is InChI=1S/C11H18N2O2/c1-14-9-10(13-12)7-8-15-11-5-3-2-4-6-11/h2-6,10,13H,7-9,12H2,1H3. The molecule has 0 radical (unpaired) electrons. The number of benzene rings is 1. The Labute approximate surface area is 90.3 Å². The lowest BCUT2D eigenvalue weighted by atomic mass is 10.2. The second-order valence-corrected chi connectivity index (χ2v) is 3.27. The van der Waals surface area contributed by atoms with E-state index < -0.39 is 0 Å². The summed E-state index contributed by atoms with van der Waals surface area (Å²) >= 11 is 0. The molecule has 3 N–H and O–H groups in total. The highest BCUT2D eigenvalue weighted by atomic mass is 16.5. The Balaban J connectivity index is 2.20. The van der Waals surface area contributed by atoms with Gasteiger partial charge < -0.3 is 9.47 Å². The molecule has 0 aliphatic carbocycles. The van der Waals surface area contributed by atoms with E-state index in [2.05, 4.69) is 5.43 Å². The highest BCUT2D eigenvalue weighted by Gasteiger charge is 2.05. The minimum atomic E-state index is 0.138. The Kier molecular flexibility index (Phi) is 5.77. The molecule has 4 heteroatoms. The molecule has 1 aromatic rings. The number of ether oxygens (including phenoxy) is 2. The fourth-order valence-corrected chi connectivity index (χ4v) is 1.25. The first kappa shape index (κ1) is 12.0. The summed E-state index contributed by atoms with van der Waals surface area (Å²) in [6.45, 7) is 1.22. The van der Waals surface area contributed by atoms with Gasteiger partial charge in [-0.25, -0.2) is 0 Å². The smallest absolute Gasteiger partial charge is 0.119 e. The number of methoxy groups -OCH3 is 1. The van der Waals surface area contributed by atoms with Crippen LogP contribution in [0.15, 0.2) is 30.3 Å². The predicted octanol–water partition coefficient (Wildman–Crippen LogP) is 0.934. The van der Waals surface area contributed by atoms with Crippen LogP contribution in [0.25, 0.3) is 0 Å². The van der Waals surface area contributed by atoms with Crippen LogP contribution in [-0.4, -0.2) is 26.4 Å². The van der Waals surface area contributed by atoms with Crippen LogP contribution in [0.1, 0.15) is 6.42 Å². The Bertz CT molecular complexity index is 254. The van der Waals surface area contributed by atoms with Gasteiger partial charge in [0.05, 0.1) is 13.2 Å². The van der Waals surface area contributed by atoms with Crippen molar-refractivity contribution < 1.29 is 9.47 Å². The van der Waals surface area contributed by atoms with Crippen LogP contribution in [0.4, 0.5) is 0 Å². The third-order valence-corrected chi connectivity index (χ3v) is 2.08. The molecule has 1 rings (SSSR count). The van der Waals surface area contributed by atoms with Gasteiger partial charge in [-0.1, -0.05) is 18.2 Å². The van der Waals surface area contributed by atoms with Gasteiger partial charge in [-0.15, -0.1) is 0 Å². The van der Waals surface area contributed by atoms with Gasteiger partial charge in [0, 0.05) is 19.6 Å². The third-order valence-electron chi connectivity index (χ3n) is 2.08. The fourth-order valence-electron chi connectivity index (χ4n) is 1.25. The number of nitrogens with two attached hydrogens (primary N) is 1. The van der Waals surface area contributed by atoms with Crippen molar-refractivity contribution in [1.29, 1.82) is 0 Å². The molecule has 1 unspecified atom stereocenters. The van der Waals surface area contributed by atoms with Gasteiger partial charge >= 0.3 is 0 Å². The number of para-hydroxylation sites is 1. The summed E-state index contributed by atoms with van der Waals surface area (Å²) < 4.78 is 10.5. The molecule has 0 saturated heterocycles. The molecule has 0 fully saturated rings. The van der Waals surface area contributed by atoms with Gasteiger partial charge in [-0.3, -0.25) is 11.3 Å². The molecule has 0 aromatic heterocycles. The molecule has 0 bridgehead atoms. The molecule has 0 aliphatic rings. The van der Waals surface area contributed by atoms with Crippen molar-refractivity contribution in [1.82, 2.24) is 5.43 Å². The van der Waals surface area contributed by atoms with Crippen molar-refractivity contribution in [2.24, 2.45) is 5.84 Å². The zero-order valence-corrected chi connectivity index (χ0v) is 8.98. The van der Waals surface area contributed by atoms with Gasteiger partial charge in [0.2, 0.25) is 0 Å². The highest BCUT2D eigenvalue weighted by molar-refractivity contribution is 5.20. The molecule has 1 aromatic carbocycles. The summed E-state index contributed by atoms with van der Waals surface area (Å²) in [6, 6.07) is 9.86. The van der Waals surface area contributed by atoms with E-state index in [1.807, 2.05) is 30.3 Å². The van der Waals surface area contributed by atoms with Crippen LogP contribution < -0.4 is 16.0 Å². The number of hydrogen-bond acceptors (Lipinski definition) is 4. The van der Waals surface area contributed by atoms with Gasteiger partial charge in [0.25, 0.3) is 0 Å². The normalized spacial score (nSPS) is 12.4. The van der Waals surface area contributed by atoms with Gasteiger partial charge in [-0.2, -0.15) is 0 Å². The average molecular weight is 210 g/mol. The van der Waals surface area contributed by atoms with Crippen molar-refractivity contribution >= 4 is 0 Å². The van der Waals surface area contributed by atoms with Crippen LogP contribution in [0.2, 0.25) is 0 Å². The largest absolute Gasteiger partial charge is 0.494 e. The second kappa shape index (κ2) is 7.23. The lowest BCUT2D eigenvalue weighted by molar-refractivity contribution is 0.152. The van der Waals surface area contributed by atoms with E-state index in [1.165, 1.54) is 0 Å². The summed E-state index contributed by atoms with van der Waals surface area (Å²) in [7, 11) is 1.66. The molecular formula is C11H18N2O2. The third kappa shape index (κ3) is 4.78. The lowest BCUT2D eigenvalue weighted by Gasteiger charge is -2.14. The number of nitrogens with one attached hydrogen (secondary N) is 1. The van der Waals surface area contributed by atoms with E-state index in [0.717, 1.165) is 12.2 Å². The minimum absolute atomic E-state index is 0.138. The van der Waals surface area contributed by atoms with E-state index >= 15 is 0 Å². The molecule has 0 spiro atoms. The van der Waals surface area contributed by atoms with Crippen LogP contribution in [-0.2, 0) is 4.74 Å². The number of hydrazine groups is 1. The van der Waals surface area contributed by atoms with Crippen molar-refractivity contribution in [3.05, 3.63) is 30.3 Å². The molecule has 1 atom stereocenters. The minimum Gasteiger partial charge on any atom is -0.494 e. The summed E-state index contributed by atoms with van der Waals surface area (Å²) in [5.74, 6) is 6.23. The van der Waals surface area contributed by atoms with Crippen molar-refractivity contribution in [2.75, 3.05) is 20.3 Å². The first-order valence-electron chi connectivity index (χ1n) is 4.99. The summed E-state index contributed by atoms with van der Waals surface area (Å²) in [4.78, 5) is 0. The summed E-state index contributed by atoms with van der Waals surface area (Å²) in [5.41, 5.74) is 2.68. The van der Waals surface area contributed by atoms with Crippen LogP contribution in [0.5, 0.6) is 5.75 Å². The van der Waals surface area contributed by atoms with Crippen LogP contribution >= 0.6 is 0 Å².